The largest absolute Gasteiger partial charge is 0.673 e. The highest BCUT2D eigenvalue weighted by Gasteiger charge is 2.21. The van der Waals surface area contributed by atoms with E-state index >= 15 is 0 Å². The summed E-state index contributed by atoms with van der Waals surface area (Å²) >= 11 is -0.530. The fourth-order valence-electron chi connectivity index (χ4n) is 3.05. The van der Waals surface area contributed by atoms with Gasteiger partial charge in [-0.3, -0.25) is 4.79 Å². The van der Waals surface area contributed by atoms with Gasteiger partial charge in [-0.05, 0) is 42.5 Å². The van der Waals surface area contributed by atoms with Gasteiger partial charge in [0.05, 0.1) is 10.8 Å². The van der Waals surface area contributed by atoms with Crippen LogP contribution in [0.15, 0.2) is 91.2 Å². The molecule has 0 spiro atoms. The zero-order chi connectivity index (χ0) is 22.9. The Morgan fingerprint density at radius 2 is 1.28 bits per heavy atom. The molecule has 0 aliphatic rings. The Balaban J connectivity index is 0.000000444. The van der Waals surface area contributed by atoms with E-state index in [2.05, 4.69) is 0 Å². The van der Waals surface area contributed by atoms with Crippen molar-refractivity contribution in [2.24, 2.45) is 0 Å². The monoisotopic (exact) mass is 554 g/mol. The van der Waals surface area contributed by atoms with Gasteiger partial charge in [0.2, 0.25) is 5.43 Å². The number of fused-ring (bicyclic) bond motifs is 3. The van der Waals surface area contributed by atoms with E-state index in [-0.39, 0.29) is 11.1 Å². The van der Waals surface area contributed by atoms with E-state index in [1.165, 1.54) is 6.07 Å². The van der Waals surface area contributed by atoms with Gasteiger partial charge in [0.25, 0.3) is 0 Å². The second-order valence-electron chi connectivity index (χ2n) is 6.59. The first-order chi connectivity index (χ1) is 15.2. The molecule has 5 aromatic rings. The van der Waals surface area contributed by atoms with Gasteiger partial charge >= 0.3 is 34.1 Å². The molecule has 0 aliphatic carbocycles. The van der Waals surface area contributed by atoms with E-state index in [4.69, 9.17) is 8.83 Å². The van der Waals surface area contributed by atoms with E-state index in [0.29, 0.717) is 27.5 Å². The van der Waals surface area contributed by atoms with Gasteiger partial charge in [0.15, 0.2) is 7.14 Å². The van der Waals surface area contributed by atoms with Crippen molar-refractivity contribution >= 4 is 40.2 Å². The van der Waals surface area contributed by atoms with Crippen LogP contribution in [-0.4, -0.2) is 7.25 Å². The smallest absolute Gasteiger partial charge is 0.456 e. The standard InChI is InChI=1S/C22H12IO4.BF4/c24-21-10-6-13-5-7-15(12-20(13)27-21)23-14-8-9-19-17(11-14)22(25)16-3-1-2-4-18(16)26-19;2-1(3,4)5/h1-12H;/q+1;-1. The van der Waals surface area contributed by atoms with E-state index < -0.39 is 28.5 Å². The zero-order valence-electron chi connectivity index (χ0n) is 16.0. The highest BCUT2D eigenvalue weighted by atomic mass is 127. The molecule has 2 heterocycles. The number of para-hydroxylation sites is 1. The van der Waals surface area contributed by atoms with Crippen molar-refractivity contribution in [1.82, 2.24) is 0 Å². The summed E-state index contributed by atoms with van der Waals surface area (Å²) in [5.74, 6) is 0. The molecule has 5 rings (SSSR count). The zero-order valence-corrected chi connectivity index (χ0v) is 18.2. The lowest BCUT2D eigenvalue weighted by Crippen LogP contribution is -3.61. The van der Waals surface area contributed by atoms with Crippen LogP contribution < -0.4 is 32.3 Å². The van der Waals surface area contributed by atoms with Crippen LogP contribution in [-0.2, 0) is 0 Å². The number of rotatable bonds is 2. The molecule has 0 saturated carbocycles. The minimum Gasteiger partial charge on any atom is -0.456 e. The molecule has 0 amide bonds. The summed E-state index contributed by atoms with van der Waals surface area (Å²) in [4.78, 5) is 24.2. The normalized spacial score (nSPS) is 11.5. The van der Waals surface area contributed by atoms with E-state index in [1.54, 1.807) is 18.2 Å². The lowest BCUT2D eigenvalue weighted by molar-refractivity contribution is -0.597. The number of hydrogen-bond donors (Lipinski definition) is 0. The van der Waals surface area contributed by atoms with Crippen LogP contribution >= 0.6 is 0 Å². The molecule has 0 aliphatic heterocycles. The van der Waals surface area contributed by atoms with Crippen LogP contribution in [0.3, 0.4) is 0 Å². The Morgan fingerprint density at radius 3 is 2.06 bits per heavy atom. The van der Waals surface area contributed by atoms with Crippen molar-refractivity contribution in [3.63, 3.8) is 0 Å². The summed E-state index contributed by atoms with van der Waals surface area (Å²) in [6.07, 6.45) is 0. The van der Waals surface area contributed by atoms with Gasteiger partial charge in [0.1, 0.15) is 16.7 Å². The lowest BCUT2D eigenvalue weighted by atomic mass is 10.1. The average molecular weight is 554 g/mol. The van der Waals surface area contributed by atoms with E-state index in [0.717, 1.165) is 12.5 Å². The summed E-state index contributed by atoms with van der Waals surface area (Å²) in [6, 6.07) is 22.2. The quantitative estimate of drug-likeness (QED) is 0.111. The molecule has 162 valence electrons. The third-order valence-electron chi connectivity index (χ3n) is 4.34. The first-order valence-electron chi connectivity index (χ1n) is 9.19. The minimum absolute atomic E-state index is 0.0118. The first kappa shape index (κ1) is 22.1. The van der Waals surface area contributed by atoms with Gasteiger partial charge < -0.3 is 26.1 Å². The highest BCUT2D eigenvalue weighted by Crippen LogP contribution is 2.17. The second-order valence-corrected chi connectivity index (χ2v) is 9.62. The van der Waals surface area contributed by atoms with Gasteiger partial charge in [-0.25, -0.2) is 4.79 Å². The van der Waals surface area contributed by atoms with E-state index in [9.17, 15) is 26.9 Å². The Hall–Kier alpha value is -3.15. The van der Waals surface area contributed by atoms with Crippen molar-refractivity contribution in [1.29, 1.82) is 0 Å². The molecule has 3 aromatic carbocycles. The number of halogens is 5. The van der Waals surface area contributed by atoms with Crippen LogP contribution in [0.4, 0.5) is 17.3 Å². The van der Waals surface area contributed by atoms with Crippen molar-refractivity contribution in [3.8, 4) is 0 Å². The van der Waals surface area contributed by atoms with Crippen molar-refractivity contribution < 1.29 is 47.3 Å². The predicted octanol–water partition coefficient (Wildman–Crippen LogP) is 2.48. The maximum absolute atomic E-state index is 12.8. The van der Waals surface area contributed by atoms with Crippen LogP contribution in [0.25, 0.3) is 32.9 Å². The Bertz CT molecular complexity index is 1550. The molecular weight excluding hydrogens is 542 g/mol. The Labute approximate surface area is 187 Å². The SMILES string of the molecule is F[B-](F)(F)F.O=c1ccc2ccc([I+]c3ccc4oc5ccccc5c(=O)c4c3)cc2o1. The van der Waals surface area contributed by atoms with Gasteiger partial charge in [-0.15, -0.1) is 0 Å². The molecular formula is C22H12BF4IO4. The molecule has 10 heteroatoms. The molecule has 0 saturated heterocycles. The molecule has 32 heavy (non-hydrogen) atoms. The topological polar surface area (TPSA) is 60.4 Å². The first-order valence-corrected chi connectivity index (χ1v) is 11.3. The van der Waals surface area contributed by atoms with Gasteiger partial charge in [0, 0.05) is 23.6 Å². The summed E-state index contributed by atoms with van der Waals surface area (Å²) in [7, 11) is -6.00. The third-order valence-corrected chi connectivity index (χ3v) is 6.93. The number of hydrogen-bond acceptors (Lipinski definition) is 4. The van der Waals surface area contributed by atoms with Crippen LogP contribution in [0.5, 0.6) is 0 Å². The van der Waals surface area contributed by atoms with Crippen molar-refractivity contribution in [3.05, 3.63) is 101 Å². The second kappa shape index (κ2) is 8.77. The fraction of sp³-hybridized carbons (Fsp3) is 0. The minimum atomic E-state index is -6.00. The molecule has 0 N–H and O–H groups in total. The molecule has 0 radical (unpaired) electrons. The molecule has 0 fully saturated rings. The number of benzene rings is 3. The predicted molar refractivity (Wildman–Crippen MR) is 110 cm³/mol. The molecule has 0 atom stereocenters. The Kier molecular flexibility index (Phi) is 6.05. The summed E-state index contributed by atoms with van der Waals surface area (Å²) < 4.78 is 52.4. The molecule has 4 nitrogen and oxygen atoms in total. The molecule has 0 unspecified atom stereocenters. The van der Waals surface area contributed by atoms with Gasteiger partial charge in [-0.1, -0.05) is 12.1 Å². The summed E-state index contributed by atoms with van der Waals surface area (Å²) in [5.41, 5.74) is 1.42. The lowest BCUT2D eigenvalue weighted by Gasteiger charge is -2.00. The summed E-state index contributed by atoms with van der Waals surface area (Å²) in [6.45, 7) is 0. The van der Waals surface area contributed by atoms with Crippen molar-refractivity contribution in [2.45, 2.75) is 0 Å². The van der Waals surface area contributed by atoms with E-state index in [1.807, 2.05) is 48.5 Å². The van der Waals surface area contributed by atoms with Crippen molar-refractivity contribution in [2.75, 3.05) is 0 Å². The summed E-state index contributed by atoms with van der Waals surface area (Å²) in [5, 5.41) is 2.08. The average Bonchev–Trinajstić information content (AvgIpc) is 2.73. The molecule has 0 bridgehead atoms. The molecule has 2 aromatic heterocycles. The highest BCUT2D eigenvalue weighted by molar-refractivity contribution is 6.50. The van der Waals surface area contributed by atoms with Crippen LogP contribution in [0.2, 0.25) is 0 Å². The Morgan fingerprint density at radius 1 is 0.656 bits per heavy atom. The maximum Gasteiger partial charge on any atom is 0.673 e. The third kappa shape index (κ3) is 5.18. The van der Waals surface area contributed by atoms with Gasteiger partial charge in [-0.2, -0.15) is 0 Å². The maximum atomic E-state index is 12.8. The van der Waals surface area contributed by atoms with Crippen LogP contribution in [0.1, 0.15) is 0 Å². The van der Waals surface area contributed by atoms with Crippen LogP contribution in [0, 0.1) is 7.14 Å². The fourth-order valence-corrected chi connectivity index (χ4v) is 5.40.